The van der Waals surface area contributed by atoms with Crippen LogP contribution in [0.5, 0.6) is 5.75 Å². The van der Waals surface area contributed by atoms with Crippen LogP contribution < -0.4 is 10.1 Å². The molecule has 2 aliphatic heterocycles. The van der Waals surface area contributed by atoms with E-state index in [9.17, 15) is 9.59 Å². The van der Waals surface area contributed by atoms with Gasteiger partial charge in [-0.25, -0.2) is 0 Å². The van der Waals surface area contributed by atoms with E-state index in [0.29, 0.717) is 19.6 Å². The molecule has 7 nitrogen and oxygen atoms in total. The summed E-state index contributed by atoms with van der Waals surface area (Å²) in [7, 11) is 3.56. The third-order valence-electron chi connectivity index (χ3n) is 6.60. The van der Waals surface area contributed by atoms with Crippen LogP contribution in [0, 0.1) is 0 Å². The van der Waals surface area contributed by atoms with Crippen molar-refractivity contribution in [2.75, 3.05) is 27.3 Å². The number of nitrogens with zero attached hydrogens (tertiary/aromatic N) is 2. The summed E-state index contributed by atoms with van der Waals surface area (Å²) in [5.41, 5.74) is 2.15. The van der Waals surface area contributed by atoms with Crippen LogP contribution in [0.15, 0.2) is 54.6 Å². The lowest BCUT2D eigenvalue weighted by atomic mass is 9.99. The molecule has 2 aliphatic rings. The summed E-state index contributed by atoms with van der Waals surface area (Å²) in [6.45, 7) is 3.45. The predicted molar refractivity (Wildman–Crippen MR) is 130 cm³/mol. The molecular weight excluding hydrogens is 430 g/mol. The Morgan fingerprint density at radius 2 is 1.94 bits per heavy atom. The van der Waals surface area contributed by atoms with Gasteiger partial charge in [0.05, 0.1) is 24.2 Å². The first kappa shape index (κ1) is 24.2. The molecule has 0 unspecified atom stereocenters. The molecule has 0 saturated carbocycles. The quantitative estimate of drug-likeness (QED) is 0.649. The number of rotatable bonds is 8. The maximum absolute atomic E-state index is 13.2. The van der Waals surface area contributed by atoms with Crippen LogP contribution in [0.25, 0.3) is 0 Å². The molecule has 0 bridgehead atoms. The highest BCUT2D eigenvalue weighted by atomic mass is 16.5. The van der Waals surface area contributed by atoms with Crippen molar-refractivity contribution in [1.82, 2.24) is 15.1 Å². The van der Waals surface area contributed by atoms with Crippen LogP contribution >= 0.6 is 0 Å². The Kier molecular flexibility index (Phi) is 7.85. The zero-order chi connectivity index (χ0) is 24.1. The molecule has 182 valence electrons. The van der Waals surface area contributed by atoms with E-state index in [1.165, 1.54) is 6.92 Å². The zero-order valence-corrected chi connectivity index (χ0v) is 20.3. The lowest BCUT2D eigenvalue weighted by Crippen LogP contribution is -2.43. The molecule has 34 heavy (non-hydrogen) atoms. The lowest BCUT2D eigenvalue weighted by Gasteiger charge is -2.32. The monoisotopic (exact) mass is 465 g/mol. The van der Waals surface area contributed by atoms with Gasteiger partial charge < -0.3 is 19.7 Å². The minimum absolute atomic E-state index is 0.0413. The average Bonchev–Trinajstić information content (AvgIpc) is 3.46. The summed E-state index contributed by atoms with van der Waals surface area (Å²) < 4.78 is 11.7. The molecule has 2 amide bonds. The summed E-state index contributed by atoms with van der Waals surface area (Å²) in [5.74, 6) is 0.755. The Morgan fingerprint density at radius 1 is 1.15 bits per heavy atom. The van der Waals surface area contributed by atoms with Crippen molar-refractivity contribution in [2.24, 2.45) is 0 Å². The first-order valence-electron chi connectivity index (χ1n) is 12.0. The molecule has 2 saturated heterocycles. The second kappa shape index (κ2) is 11.0. The number of ether oxygens (including phenoxy) is 2. The van der Waals surface area contributed by atoms with E-state index in [1.807, 2.05) is 36.4 Å². The van der Waals surface area contributed by atoms with Crippen LogP contribution in [0.3, 0.4) is 0 Å². The number of carbonyl (C=O) groups is 2. The second-order valence-electron chi connectivity index (χ2n) is 9.41. The Labute approximate surface area is 202 Å². The van der Waals surface area contributed by atoms with E-state index < -0.39 is 0 Å². The fourth-order valence-corrected chi connectivity index (χ4v) is 5.06. The summed E-state index contributed by atoms with van der Waals surface area (Å²) in [6, 6.07) is 17.5. The number of benzene rings is 2. The molecule has 0 radical (unpaired) electrons. The minimum atomic E-state index is -0.339. The number of hydrogen-bond donors (Lipinski definition) is 1. The Balaban J connectivity index is 1.60. The molecule has 2 fully saturated rings. The third-order valence-corrected chi connectivity index (χ3v) is 6.60. The number of carbonyl (C=O) groups excluding carboxylic acids is 2. The molecule has 2 heterocycles. The van der Waals surface area contributed by atoms with E-state index in [0.717, 1.165) is 36.3 Å². The fourth-order valence-electron chi connectivity index (χ4n) is 5.06. The average molecular weight is 466 g/mol. The lowest BCUT2D eigenvalue weighted by molar-refractivity contribution is -0.134. The third kappa shape index (κ3) is 5.77. The maximum Gasteiger partial charge on any atom is 0.239 e. The van der Waals surface area contributed by atoms with Gasteiger partial charge >= 0.3 is 0 Å². The zero-order valence-electron chi connectivity index (χ0n) is 20.3. The fraction of sp³-hybridized carbons (Fsp3) is 0.481. The first-order chi connectivity index (χ1) is 16.4. The van der Waals surface area contributed by atoms with E-state index in [2.05, 4.69) is 28.4 Å². The van der Waals surface area contributed by atoms with Crippen molar-refractivity contribution in [3.8, 4) is 5.75 Å². The summed E-state index contributed by atoms with van der Waals surface area (Å²) in [6.07, 6.45) is 2.84. The second-order valence-corrected chi connectivity index (χ2v) is 9.41. The van der Waals surface area contributed by atoms with Crippen LogP contribution in [0.1, 0.15) is 43.4 Å². The molecule has 2 aromatic carbocycles. The van der Waals surface area contributed by atoms with Crippen molar-refractivity contribution in [2.45, 2.75) is 57.0 Å². The maximum atomic E-state index is 13.2. The Hall–Kier alpha value is -2.90. The van der Waals surface area contributed by atoms with Crippen molar-refractivity contribution >= 4 is 11.8 Å². The molecule has 0 aromatic heterocycles. The van der Waals surface area contributed by atoms with Crippen molar-refractivity contribution < 1.29 is 19.1 Å². The molecular formula is C27H35N3O4. The molecule has 4 rings (SSSR count). The number of likely N-dealkylation sites (tertiary alicyclic amines) is 1. The Morgan fingerprint density at radius 3 is 2.62 bits per heavy atom. The van der Waals surface area contributed by atoms with Crippen molar-refractivity contribution in [1.29, 1.82) is 0 Å². The van der Waals surface area contributed by atoms with E-state index in [1.54, 1.807) is 19.0 Å². The van der Waals surface area contributed by atoms with Crippen LogP contribution in [-0.2, 0) is 20.9 Å². The Bertz CT molecular complexity index is 975. The van der Waals surface area contributed by atoms with Gasteiger partial charge in [0.25, 0.3) is 0 Å². The van der Waals surface area contributed by atoms with Crippen LogP contribution in [-0.4, -0.2) is 67.1 Å². The van der Waals surface area contributed by atoms with Gasteiger partial charge in [0.1, 0.15) is 12.4 Å². The van der Waals surface area contributed by atoms with Gasteiger partial charge in [0.2, 0.25) is 11.8 Å². The minimum Gasteiger partial charge on any atom is -0.491 e. The van der Waals surface area contributed by atoms with Crippen molar-refractivity contribution in [3.05, 3.63) is 65.7 Å². The van der Waals surface area contributed by atoms with Gasteiger partial charge in [-0.3, -0.25) is 14.5 Å². The van der Waals surface area contributed by atoms with Gasteiger partial charge in [0.15, 0.2) is 0 Å². The van der Waals surface area contributed by atoms with E-state index in [4.69, 9.17) is 9.47 Å². The van der Waals surface area contributed by atoms with Gasteiger partial charge in [-0.2, -0.15) is 0 Å². The molecule has 2 aromatic rings. The number of amides is 2. The number of hydrogen-bond acceptors (Lipinski definition) is 5. The number of likely N-dealkylation sites (N-methyl/N-ethyl adjacent to an activating group) is 1. The molecule has 1 N–H and O–H groups in total. The molecule has 0 spiro atoms. The predicted octanol–water partition coefficient (Wildman–Crippen LogP) is 3.15. The normalized spacial score (nSPS) is 24.7. The van der Waals surface area contributed by atoms with Gasteiger partial charge in [-0.15, -0.1) is 0 Å². The van der Waals surface area contributed by atoms with Gasteiger partial charge in [0, 0.05) is 34.2 Å². The summed E-state index contributed by atoms with van der Waals surface area (Å²) in [5, 5.41) is 3.10. The van der Waals surface area contributed by atoms with Crippen molar-refractivity contribution in [3.63, 3.8) is 0 Å². The number of nitrogens with one attached hydrogen (secondary N) is 1. The first-order valence-corrected chi connectivity index (χ1v) is 12.0. The highest BCUT2D eigenvalue weighted by Gasteiger charge is 2.45. The topological polar surface area (TPSA) is 71.1 Å². The van der Waals surface area contributed by atoms with Crippen LogP contribution in [0.4, 0.5) is 0 Å². The van der Waals surface area contributed by atoms with Crippen LogP contribution in [0.2, 0.25) is 0 Å². The largest absolute Gasteiger partial charge is 0.491 e. The van der Waals surface area contributed by atoms with E-state index >= 15 is 0 Å². The highest BCUT2D eigenvalue weighted by molar-refractivity contribution is 5.82. The summed E-state index contributed by atoms with van der Waals surface area (Å²) >= 11 is 0. The van der Waals surface area contributed by atoms with Gasteiger partial charge in [-0.1, -0.05) is 42.5 Å². The van der Waals surface area contributed by atoms with Gasteiger partial charge in [-0.05, 0) is 42.5 Å². The van der Waals surface area contributed by atoms with E-state index in [-0.39, 0.29) is 36.0 Å². The SMILES string of the molecule is CC(=O)N[C@@H]1C[C@@H](C(=O)N(C)C)N(Cc2cccc(OC[C@@H]3CCCO3)c2)[C@H]1c1ccccc1. The standard InChI is InChI=1S/C27H35N3O4/c1-19(31)28-24-16-25(27(32)29(2)3)30(26(24)21-10-5-4-6-11-21)17-20-9-7-12-22(15-20)34-18-23-13-8-14-33-23/h4-7,9-12,15,23-26H,8,13-14,16-18H2,1-3H3,(H,28,31)/t23-,24+,25-,26-/m0/s1. The summed E-state index contributed by atoms with van der Waals surface area (Å²) in [4.78, 5) is 29.1. The highest BCUT2D eigenvalue weighted by Crippen LogP contribution is 2.38. The molecule has 4 atom stereocenters. The molecule has 0 aliphatic carbocycles. The smallest absolute Gasteiger partial charge is 0.239 e. The molecule has 7 heteroatoms.